The number of esters is 1. The Morgan fingerprint density at radius 3 is 2.70 bits per heavy atom. The van der Waals surface area contributed by atoms with Gasteiger partial charge in [-0.2, -0.15) is 0 Å². The highest BCUT2D eigenvalue weighted by atomic mass is 19.1. The Kier molecular flexibility index (Phi) is 5.12. The Hall–Kier alpha value is -1.42. The predicted molar refractivity (Wildman–Crippen MR) is 75.6 cm³/mol. The van der Waals surface area contributed by atoms with Crippen molar-refractivity contribution in [1.29, 1.82) is 0 Å². The highest BCUT2D eigenvalue weighted by molar-refractivity contribution is 5.77. The normalized spacial score (nSPS) is 17.7. The van der Waals surface area contributed by atoms with Crippen LogP contribution in [-0.4, -0.2) is 19.1 Å². The molecular formula is C16H22FNO2. The molecule has 1 aromatic carbocycles. The molecule has 0 bridgehead atoms. The Labute approximate surface area is 119 Å². The van der Waals surface area contributed by atoms with Gasteiger partial charge in [-0.3, -0.25) is 4.79 Å². The summed E-state index contributed by atoms with van der Waals surface area (Å²) in [7, 11) is 0. The Morgan fingerprint density at radius 1 is 1.35 bits per heavy atom. The van der Waals surface area contributed by atoms with Crippen molar-refractivity contribution in [1.82, 2.24) is 5.32 Å². The molecule has 1 heterocycles. The van der Waals surface area contributed by atoms with Crippen molar-refractivity contribution >= 4 is 5.97 Å². The lowest BCUT2D eigenvalue weighted by Gasteiger charge is -2.35. The summed E-state index contributed by atoms with van der Waals surface area (Å²) in [4.78, 5) is 12.4. The number of rotatable bonds is 5. The number of halogens is 1. The lowest BCUT2D eigenvalue weighted by Crippen LogP contribution is -2.43. The van der Waals surface area contributed by atoms with Crippen LogP contribution in [0.1, 0.15) is 38.2 Å². The summed E-state index contributed by atoms with van der Waals surface area (Å²) in [5.41, 5.74) is 0.0482. The van der Waals surface area contributed by atoms with Gasteiger partial charge in [0.05, 0.1) is 5.41 Å². The van der Waals surface area contributed by atoms with Crippen LogP contribution in [0.3, 0.4) is 0 Å². The third kappa shape index (κ3) is 3.37. The van der Waals surface area contributed by atoms with Crippen molar-refractivity contribution in [2.24, 2.45) is 5.41 Å². The molecule has 0 unspecified atom stereocenters. The highest BCUT2D eigenvalue weighted by Crippen LogP contribution is 2.35. The summed E-state index contributed by atoms with van der Waals surface area (Å²) in [6, 6.07) is 6.41. The second-order valence-electron chi connectivity index (χ2n) is 5.45. The largest absolute Gasteiger partial charge is 0.460 e. The predicted octanol–water partition coefficient (Wildman–Crippen LogP) is 3.04. The standard InChI is InChI=1S/C16H22FNO2/c1-2-7-16(8-10-18-11-9-16)15(19)20-12-13-5-3-4-6-14(13)17/h3-6,18H,2,7-12H2,1H3. The van der Waals surface area contributed by atoms with Crippen molar-refractivity contribution < 1.29 is 13.9 Å². The molecule has 110 valence electrons. The molecular weight excluding hydrogens is 257 g/mol. The molecule has 0 aliphatic carbocycles. The van der Waals surface area contributed by atoms with E-state index in [2.05, 4.69) is 12.2 Å². The molecule has 4 heteroatoms. The van der Waals surface area contributed by atoms with Crippen LogP contribution in [0.15, 0.2) is 24.3 Å². The van der Waals surface area contributed by atoms with Crippen LogP contribution < -0.4 is 5.32 Å². The van der Waals surface area contributed by atoms with Gasteiger partial charge in [0.1, 0.15) is 12.4 Å². The maximum absolute atomic E-state index is 13.5. The van der Waals surface area contributed by atoms with Crippen molar-refractivity contribution in [2.75, 3.05) is 13.1 Å². The first-order chi connectivity index (χ1) is 9.68. The first kappa shape index (κ1) is 15.0. The number of benzene rings is 1. The fourth-order valence-corrected chi connectivity index (χ4v) is 2.85. The Morgan fingerprint density at radius 2 is 2.05 bits per heavy atom. The summed E-state index contributed by atoms with van der Waals surface area (Å²) in [6.07, 6.45) is 3.40. The molecule has 0 atom stereocenters. The highest BCUT2D eigenvalue weighted by Gasteiger charge is 2.40. The second kappa shape index (κ2) is 6.84. The van der Waals surface area contributed by atoms with E-state index in [-0.39, 0.29) is 23.8 Å². The second-order valence-corrected chi connectivity index (χ2v) is 5.45. The van der Waals surface area contributed by atoms with Gasteiger partial charge < -0.3 is 10.1 Å². The van der Waals surface area contributed by atoms with Crippen LogP contribution in [0, 0.1) is 11.2 Å². The molecule has 3 nitrogen and oxygen atoms in total. The first-order valence-corrected chi connectivity index (χ1v) is 7.29. The lowest BCUT2D eigenvalue weighted by molar-refractivity contribution is -0.159. The van der Waals surface area contributed by atoms with Crippen LogP contribution >= 0.6 is 0 Å². The zero-order valence-corrected chi connectivity index (χ0v) is 12.0. The lowest BCUT2D eigenvalue weighted by atomic mass is 9.75. The SMILES string of the molecule is CCCC1(C(=O)OCc2ccccc2F)CCNCC1. The van der Waals surface area contributed by atoms with Crippen LogP contribution in [0.4, 0.5) is 4.39 Å². The summed E-state index contributed by atoms with van der Waals surface area (Å²) in [6.45, 7) is 3.78. The molecule has 1 aliphatic rings. The van der Waals surface area contributed by atoms with E-state index in [9.17, 15) is 9.18 Å². The smallest absolute Gasteiger partial charge is 0.312 e. The Balaban J connectivity index is 2.00. The molecule has 20 heavy (non-hydrogen) atoms. The monoisotopic (exact) mass is 279 g/mol. The van der Waals surface area contributed by atoms with Gasteiger partial charge in [-0.1, -0.05) is 31.5 Å². The molecule has 1 fully saturated rings. The minimum Gasteiger partial charge on any atom is -0.460 e. The number of ether oxygens (including phenoxy) is 1. The molecule has 0 amide bonds. The summed E-state index contributed by atoms with van der Waals surface area (Å²) in [5, 5.41) is 3.27. The Bertz CT molecular complexity index is 450. The zero-order chi connectivity index (χ0) is 14.4. The van der Waals surface area contributed by atoms with Crippen LogP contribution in [0.2, 0.25) is 0 Å². The van der Waals surface area contributed by atoms with Gasteiger partial charge in [0.25, 0.3) is 0 Å². The molecule has 2 rings (SSSR count). The zero-order valence-electron chi connectivity index (χ0n) is 12.0. The molecule has 1 aliphatic heterocycles. The maximum Gasteiger partial charge on any atom is 0.312 e. The number of hydrogen-bond donors (Lipinski definition) is 1. The summed E-state index contributed by atoms with van der Waals surface area (Å²) < 4.78 is 18.9. The molecule has 0 aromatic heterocycles. The van der Waals surface area contributed by atoms with E-state index in [4.69, 9.17) is 4.74 Å². The van der Waals surface area contributed by atoms with Crippen molar-refractivity contribution in [3.05, 3.63) is 35.6 Å². The molecule has 0 radical (unpaired) electrons. The van der Waals surface area contributed by atoms with Gasteiger partial charge in [-0.05, 0) is 38.4 Å². The molecule has 1 saturated heterocycles. The van der Waals surface area contributed by atoms with Gasteiger partial charge in [0, 0.05) is 5.56 Å². The van der Waals surface area contributed by atoms with E-state index in [1.165, 1.54) is 6.07 Å². The number of carbonyl (C=O) groups is 1. The third-order valence-corrected chi connectivity index (χ3v) is 4.04. The van der Waals surface area contributed by atoms with Crippen molar-refractivity contribution in [3.8, 4) is 0 Å². The molecule has 0 saturated carbocycles. The average molecular weight is 279 g/mol. The van der Waals surface area contributed by atoms with Gasteiger partial charge in [0.15, 0.2) is 0 Å². The van der Waals surface area contributed by atoms with E-state index in [0.717, 1.165) is 38.8 Å². The van der Waals surface area contributed by atoms with E-state index >= 15 is 0 Å². The van der Waals surface area contributed by atoms with Crippen LogP contribution in [0.5, 0.6) is 0 Å². The van der Waals surface area contributed by atoms with Gasteiger partial charge in [0.2, 0.25) is 0 Å². The quantitative estimate of drug-likeness (QED) is 0.842. The molecule has 0 spiro atoms. The molecule has 1 aromatic rings. The topological polar surface area (TPSA) is 38.3 Å². The number of carbonyl (C=O) groups excluding carboxylic acids is 1. The number of nitrogens with one attached hydrogen (secondary N) is 1. The summed E-state index contributed by atoms with van der Waals surface area (Å²) in [5.74, 6) is -0.501. The van der Waals surface area contributed by atoms with Gasteiger partial charge in [-0.15, -0.1) is 0 Å². The van der Waals surface area contributed by atoms with E-state index in [1.54, 1.807) is 18.2 Å². The first-order valence-electron chi connectivity index (χ1n) is 7.29. The van der Waals surface area contributed by atoms with E-state index in [0.29, 0.717) is 5.56 Å². The van der Waals surface area contributed by atoms with Gasteiger partial charge in [-0.25, -0.2) is 4.39 Å². The fraction of sp³-hybridized carbons (Fsp3) is 0.562. The van der Waals surface area contributed by atoms with E-state index in [1.807, 2.05) is 0 Å². The molecule has 1 N–H and O–H groups in total. The van der Waals surface area contributed by atoms with Crippen molar-refractivity contribution in [2.45, 2.75) is 39.2 Å². The minimum atomic E-state index is -0.384. The van der Waals surface area contributed by atoms with Gasteiger partial charge >= 0.3 is 5.97 Å². The van der Waals surface area contributed by atoms with Crippen molar-refractivity contribution in [3.63, 3.8) is 0 Å². The van der Waals surface area contributed by atoms with Crippen LogP contribution in [-0.2, 0) is 16.1 Å². The minimum absolute atomic E-state index is 0.0183. The summed E-state index contributed by atoms with van der Waals surface area (Å²) >= 11 is 0. The third-order valence-electron chi connectivity index (χ3n) is 4.04. The maximum atomic E-state index is 13.5. The van der Waals surface area contributed by atoms with Crippen LogP contribution in [0.25, 0.3) is 0 Å². The fourth-order valence-electron chi connectivity index (χ4n) is 2.85. The number of hydrogen-bond acceptors (Lipinski definition) is 3. The number of piperidine rings is 1. The van der Waals surface area contributed by atoms with E-state index < -0.39 is 0 Å². The average Bonchev–Trinajstić information content (AvgIpc) is 2.47.